The van der Waals surface area contributed by atoms with Crippen LogP contribution < -0.4 is 0 Å². The molecule has 1 aromatic carbocycles. The summed E-state index contributed by atoms with van der Waals surface area (Å²) in [5.74, 6) is 0.799. The topological polar surface area (TPSA) is 0 Å². The second-order valence-electron chi connectivity index (χ2n) is 3.27. The van der Waals surface area contributed by atoms with Crippen LogP contribution in [-0.2, 0) is 12.8 Å². The molecule has 0 heterocycles. The lowest BCUT2D eigenvalue weighted by Crippen LogP contribution is -1.96. The highest BCUT2D eigenvalue weighted by molar-refractivity contribution is 5.32. The number of hydrogen-bond acceptors (Lipinski definition) is 0. The molecule has 0 unspecified atom stereocenters. The predicted octanol–water partition coefficient (Wildman–Crippen LogP) is 2.63. The third-order valence-corrected chi connectivity index (χ3v) is 2.55. The van der Waals surface area contributed by atoms with Crippen LogP contribution >= 0.6 is 0 Å². The van der Waals surface area contributed by atoms with Gasteiger partial charge in [-0.1, -0.05) is 31.2 Å². The minimum absolute atomic E-state index is 0.799. The smallest absolute Gasteiger partial charge is 0.0242 e. The third-order valence-electron chi connectivity index (χ3n) is 2.55. The summed E-state index contributed by atoms with van der Waals surface area (Å²) >= 11 is 0. The van der Waals surface area contributed by atoms with E-state index in [4.69, 9.17) is 0 Å². The van der Waals surface area contributed by atoms with E-state index in [0.717, 1.165) is 5.92 Å². The quantitative estimate of drug-likeness (QED) is 0.570. The van der Waals surface area contributed by atoms with Gasteiger partial charge in [-0.05, 0) is 36.3 Å². The first kappa shape index (κ1) is 6.90. The molecule has 11 heavy (non-hydrogen) atoms. The maximum absolute atomic E-state index is 2.32. The first-order chi connectivity index (χ1) is 5.40. The lowest BCUT2D eigenvalue weighted by atomic mass is 10.0. The van der Waals surface area contributed by atoms with Gasteiger partial charge in [0.15, 0.2) is 0 Å². The average molecular weight is 145 g/mol. The monoisotopic (exact) mass is 145 g/mol. The summed E-state index contributed by atoms with van der Waals surface area (Å²) < 4.78 is 0. The molecule has 0 atom stereocenters. The Morgan fingerprint density at radius 1 is 1.18 bits per heavy atom. The molecule has 0 heteroatoms. The second-order valence-corrected chi connectivity index (χ2v) is 3.27. The Morgan fingerprint density at radius 2 is 1.73 bits per heavy atom. The Hall–Kier alpha value is -0.780. The highest BCUT2D eigenvalue weighted by Gasteiger charge is 2.18. The molecule has 0 spiro atoms. The van der Waals surface area contributed by atoms with Crippen molar-refractivity contribution >= 4 is 0 Å². The van der Waals surface area contributed by atoms with E-state index in [0.29, 0.717) is 0 Å². The highest BCUT2D eigenvalue weighted by atomic mass is 14.2. The molecule has 0 aliphatic heterocycles. The lowest BCUT2D eigenvalue weighted by Gasteiger charge is -2.00. The van der Waals surface area contributed by atoms with E-state index in [1.807, 2.05) is 0 Å². The summed E-state index contributed by atoms with van der Waals surface area (Å²) in [6, 6.07) is 8.77. The van der Waals surface area contributed by atoms with Crippen molar-refractivity contribution < 1.29 is 0 Å². The van der Waals surface area contributed by atoms with Crippen LogP contribution in [0.25, 0.3) is 0 Å². The van der Waals surface area contributed by atoms with Crippen LogP contribution in [0.3, 0.4) is 0 Å². The van der Waals surface area contributed by atoms with E-state index < -0.39 is 0 Å². The van der Waals surface area contributed by atoms with Crippen molar-refractivity contribution in [1.82, 2.24) is 0 Å². The Bertz CT molecular complexity index is 225. The van der Waals surface area contributed by atoms with Crippen molar-refractivity contribution in [2.75, 3.05) is 0 Å². The Labute approximate surface area is 68.3 Å². The SMILES string of the molecule is C[CH]C1Cc2ccccc2C1. The zero-order valence-electron chi connectivity index (χ0n) is 6.88. The first-order valence-corrected chi connectivity index (χ1v) is 4.26. The largest absolute Gasteiger partial charge is 0.0620 e. The summed E-state index contributed by atoms with van der Waals surface area (Å²) in [6.45, 7) is 2.16. The van der Waals surface area contributed by atoms with Crippen molar-refractivity contribution in [3.63, 3.8) is 0 Å². The molecule has 1 aliphatic carbocycles. The molecule has 0 N–H and O–H groups in total. The maximum Gasteiger partial charge on any atom is -0.0242 e. The van der Waals surface area contributed by atoms with Gasteiger partial charge in [-0.3, -0.25) is 0 Å². The average Bonchev–Trinajstić information content (AvgIpc) is 2.46. The van der Waals surface area contributed by atoms with E-state index in [-0.39, 0.29) is 0 Å². The fourth-order valence-electron chi connectivity index (χ4n) is 1.83. The lowest BCUT2D eigenvalue weighted by molar-refractivity contribution is 0.652. The molecule has 0 saturated heterocycles. The van der Waals surface area contributed by atoms with Gasteiger partial charge in [0.2, 0.25) is 0 Å². The van der Waals surface area contributed by atoms with Crippen LogP contribution in [-0.4, -0.2) is 0 Å². The molecule has 1 radical (unpaired) electrons. The summed E-state index contributed by atoms with van der Waals surface area (Å²) in [5, 5.41) is 0. The van der Waals surface area contributed by atoms with Crippen molar-refractivity contribution in [3.05, 3.63) is 41.8 Å². The molecule has 0 saturated carbocycles. The van der Waals surface area contributed by atoms with Gasteiger partial charge in [0.25, 0.3) is 0 Å². The fraction of sp³-hybridized carbons (Fsp3) is 0.364. The maximum atomic E-state index is 2.32. The van der Waals surface area contributed by atoms with Gasteiger partial charge in [0.1, 0.15) is 0 Å². The Balaban J connectivity index is 2.27. The molecule has 0 nitrogen and oxygen atoms in total. The standard InChI is InChI=1S/C11H13/c1-2-9-7-10-5-3-4-6-11(10)8-9/h2-6,9H,7-8H2,1H3. The van der Waals surface area contributed by atoms with Gasteiger partial charge in [-0.25, -0.2) is 0 Å². The number of benzene rings is 1. The van der Waals surface area contributed by atoms with Crippen LogP contribution in [0.1, 0.15) is 18.1 Å². The molecule has 0 bridgehead atoms. The Kier molecular flexibility index (Phi) is 1.69. The summed E-state index contributed by atoms with van der Waals surface area (Å²) in [6.07, 6.45) is 4.83. The first-order valence-electron chi connectivity index (χ1n) is 4.26. The van der Waals surface area contributed by atoms with Crippen LogP contribution in [0, 0.1) is 12.3 Å². The predicted molar refractivity (Wildman–Crippen MR) is 47.3 cm³/mol. The molecule has 57 valence electrons. The van der Waals surface area contributed by atoms with Gasteiger partial charge in [-0.15, -0.1) is 0 Å². The highest BCUT2D eigenvalue weighted by Crippen LogP contribution is 2.27. The molecular formula is C11H13. The Morgan fingerprint density at radius 3 is 2.18 bits per heavy atom. The van der Waals surface area contributed by atoms with Gasteiger partial charge < -0.3 is 0 Å². The summed E-state index contributed by atoms with van der Waals surface area (Å²) in [7, 11) is 0. The zero-order chi connectivity index (χ0) is 7.68. The minimum atomic E-state index is 0.799. The van der Waals surface area contributed by atoms with Crippen molar-refractivity contribution in [1.29, 1.82) is 0 Å². The van der Waals surface area contributed by atoms with Crippen LogP contribution in [0.2, 0.25) is 0 Å². The molecule has 2 rings (SSSR count). The summed E-state index contributed by atoms with van der Waals surface area (Å²) in [5.41, 5.74) is 3.10. The normalized spacial score (nSPS) is 16.8. The van der Waals surface area contributed by atoms with E-state index in [1.54, 1.807) is 11.1 Å². The van der Waals surface area contributed by atoms with E-state index in [9.17, 15) is 0 Å². The van der Waals surface area contributed by atoms with Crippen LogP contribution in [0.15, 0.2) is 24.3 Å². The number of fused-ring (bicyclic) bond motifs is 1. The van der Waals surface area contributed by atoms with Gasteiger partial charge >= 0.3 is 0 Å². The number of hydrogen-bond donors (Lipinski definition) is 0. The van der Waals surface area contributed by atoms with E-state index in [1.165, 1.54) is 12.8 Å². The second kappa shape index (κ2) is 2.69. The molecule has 0 fully saturated rings. The van der Waals surface area contributed by atoms with Gasteiger partial charge in [-0.2, -0.15) is 0 Å². The van der Waals surface area contributed by atoms with Crippen molar-refractivity contribution in [2.45, 2.75) is 19.8 Å². The fourth-order valence-corrected chi connectivity index (χ4v) is 1.83. The molecule has 0 aromatic heterocycles. The number of rotatable bonds is 1. The molecular weight excluding hydrogens is 132 g/mol. The van der Waals surface area contributed by atoms with Gasteiger partial charge in [0.05, 0.1) is 0 Å². The zero-order valence-corrected chi connectivity index (χ0v) is 6.88. The molecule has 1 aromatic rings. The van der Waals surface area contributed by atoms with Gasteiger partial charge in [0, 0.05) is 0 Å². The third kappa shape index (κ3) is 1.18. The minimum Gasteiger partial charge on any atom is -0.0620 e. The van der Waals surface area contributed by atoms with E-state index >= 15 is 0 Å². The molecule has 0 amide bonds. The van der Waals surface area contributed by atoms with Crippen LogP contribution in [0.4, 0.5) is 0 Å². The van der Waals surface area contributed by atoms with Crippen molar-refractivity contribution in [3.8, 4) is 0 Å². The molecule has 1 aliphatic rings. The van der Waals surface area contributed by atoms with Crippen LogP contribution in [0.5, 0.6) is 0 Å². The van der Waals surface area contributed by atoms with Crippen molar-refractivity contribution in [2.24, 2.45) is 5.92 Å². The summed E-state index contributed by atoms with van der Waals surface area (Å²) in [4.78, 5) is 0. The van der Waals surface area contributed by atoms with E-state index in [2.05, 4.69) is 37.6 Å².